The maximum absolute atomic E-state index is 12.2. The summed E-state index contributed by atoms with van der Waals surface area (Å²) in [5.41, 5.74) is 2.55. The molecule has 3 rings (SSSR count). The lowest BCUT2D eigenvalue weighted by atomic mass is 10.1. The molecule has 6 nitrogen and oxygen atoms in total. The highest BCUT2D eigenvalue weighted by molar-refractivity contribution is 6.03. The zero-order valence-corrected chi connectivity index (χ0v) is 14.0. The van der Waals surface area contributed by atoms with E-state index in [2.05, 4.69) is 15.7 Å². The molecule has 0 spiro atoms. The minimum absolute atomic E-state index is 0.0537. The van der Waals surface area contributed by atoms with Crippen LogP contribution in [-0.2, 0) is 7.05 Å². The predicted molar refractivity (Wildman–Crippen MR) is 92.1 cm³/mol. The van der Waals surface area contributed by atoms with E-state index in [0.29, 0.717) is 23.0 Å². The monoisotopic (exact) mass is 326 g/mol. The molecule has 1 heterocycles. The van der Waals surface area contributed by atoms with Gasteiger partial charge in [-0.2, -0.15) is 5.10 Å². The number of nitrogens with zero attached hydrogens (tertiary/aromatic N) is 2. The number of hydrogen-bond donors (Lipinski definition) is 2. The summed E-state index contributed by atoms with van der Waals surface area (Å²) in [4.78, 5) is 24.4. The Morgan fingerprint density at radius 2 is 1.79 bits per heavy atom. The molecule has 1 aliphatic rings. The first-order valence-corrected chi connectivity index (χ1v) is 8.26. The number of nitrogens with one attached hydrogen (secondary N) is 2. The van der Waals surface area contributed by atoms with E-state index in [1.807, 2.05) is 6.92 Å². The van der Waals surface area contributed by atoms with Crippen LogP contribution in [0.3, 0.4) is 0 Å². The second-order valence-electron chi connectivity index (χ2n) is 6.28. The van der Waals surface area contributed by atoms with Crippen LogP contribution in [-0.4, -0.2) is 27.6 Å². The Morgan fingerprint density at radius 1 is 1.12 bits per heavy atom. The van der Waals surface area contributed by atoms with Gasteiger partial charge in [-0.15, -0.1) is 0 Å². The summed E-state index contributed by atoms with van der Waals surface area (Å²) in [7, 11) is 1.73. The summed E-state index contributed by atoms with van der Waals surface area (Å²) in [5.74, 6) is -0.275. The first-order valence-electron chi connectivity index (χ1n) is 8.26. The van der Waals surface area contributed by atoms with Gasteiger partial charge in [0.1, 0.15) is 5.69 Å². The highest BCUT2D eigenvalue weighted by atomic mass is 16.2. The summed E-state index contributed by atoms with van der Waals surface area (Å²) in [6.07, 6.45) is 4.49. The molecule has 1 aromatic carbocycles. The van der Waals surface area contributed by atoms with Gasteiger partial charge in [-0.3, -0.25) is 14.3 Å². The Kier molecular flexibility index (Phi) is 4.64. The molecule has 1 saturated carbocycles. The van der Waals surface area contributed by atoms with Crippen LogP contribution in [0.2, 0.25) is 0 Å². The van der Waals surface area contributed by atoms with Crippen LogP contribution >= 0.6 is 0 Å². The van der Waals surface area contributed by atoms with E-state index in [-0.39, 0.29) is 11.8 Å². The Hall–Kier alpha value is -2.63. The molecule has 2 aromatic rings. The van der Waals surface area contributed by atoms with Gasteiger partial charge < -0.3 is 10.6 Å². The average molecular weight is 326 g/mol. The molecule has 0 unspecified atom stereocenters. The average Bonchev–Trinajstić information content (AvgIpc) is 3.17. The smallest absolute Gasteiger partial charge is 0.273 e. The molecular formula is C18H22N4O2. The van der Waals surface area contributed by atoms with E-state index in [9.17, 15) is 9.59 Å². The van der Waals surface area contributed by atoms with Gasteiger partial charge >= 0.3 is 0 Å². The molecule has 24 heavy (non-hydrogen) atoms. The second-order valence-corrected chi connectivity index (χ2v) is 6.28. The van der Waals surface area contributed by atoms with Crippen molar-refractivity contribution in [2.75, 3.05) is 5.32 Å². The molecule has 2 N–H and O–H groups in total. The largest absolute Gasteiger partial charge is 0.349 e. The number of benzene rings is 1. The second kappa shape index (κ2) is 6.86. The van der Waals surface area contributed by atoms with E-state index in [0.717, 1.165) is 18.5 Å². The van der Waals surface area contributed by atoms with Crippen molar-refractivity contribution >= 4 is 17.5 Å². The van der Waals surface area contributed by atoms with E-state index in [1.54, 1.807) is 42.1 Å². The van der Waals surface area contributed by atoms with Gasteiger partial charge in [-0.1, -0.05) is 12.8 Å². The molecule has 0 bridgehead atoms. The van der Waals surface area contributed by atoms with Crippen LogP contribution in [0.25, 0.3) is 0 Å². The highest BCUT2D eigenvalue weighted by Gasteiger charge is 2.18. The fourth-order valence-electron chi connectivity index (χ4n) is 3.06. The van der Waals surface area contributed by atoms with Crippen molar-refractivity contribution in [2.24, 2.45) is 7.05 Å². The fourth-order valence-corrected chi connectivity index (χ4v) is 3.06. The highest BCUT2D eigenvalue weighted by Crippen LogP contribution is 2.18. The lowest BCUT2D eigenvalue weighted by Crippen LogP contribution is -2.32. The summed E-state index contributed by atoms with van der Waals surface area (Å²) in [6.45, 7) is 1.84. The SMILES string of the molecule is Cc1cc(C(=O)Nc2ccc(C(=O)NC3CCCC3)cc2)n(C)n1. The normalized spacial score (nSPS) is 14.6. The molecule has 0 radical (unpaired) electrons. The maximum Gasteiger partial charge on any atom is 0.273 e. The Labute approximate surface area is 141 Å². The minimum Gasteiger partial charge on any atom is -0.349 e. The molecule has 6 heteroatoms. The Bertz CT molecular complexity index is 743. The lowest BCUT2D eigenvalue weighted by Gasteiger charge is -2.12. The molecule has 1 aliphatic carbocycles. The minimum atomic E-state index is -0.221. The van der Waals surface area contributed by atoms with Crippen LogP contribution in [0.4, 0.5) is 5.69 Å². The van der Waals surface area contributed by atoms with Crippen LogP contribution in [0.1, 0.15) is 52.2 Å². The first-order chi connectivity index (χ1) is 11.5. The van der Waals surface area contributed by atoms with E-state index in [1.165, 1.54) is 12.8 Å². The molecule has 2 amide bonds. The third kappa shape index (κ3) is 3.64. The van der Waals surface area contributed by atoms with Crippen LogP contribution in [0, 0.1) is 6.92 Å². The number of rotatable bonds is 4. The van der Waals surface area contributed by atoms with Crippen LogP contribution in [0.15, 0.2) is 30.3 Å². The third-order valence-electron chi connectivity index (χ3n) is 4.33. The number of anilines is 1. The predicted octanol–water partition coefficient (Wildman–Crippen LogP) is 2.65. The number of aromatic nitrogens is 2. The number of amides is 2. The van der Waals surface area contributed by atoms with Gasteiger partial charge in [0.25, 0.3) is 11.8 Å². The van der Waals surface area contributed by atoms with Crippen molar-refractivity contribution in [1.29, 1.82) is 0 Å². The molecule has 0 saturated heterocycles. The number of carbonyl (C=O) groups excluding carboxylic acids is 2. The van der Waals surface area contributed by atoms with Crippen molar-refractivity contribution in [2.45, 2.75) is 38.6 Å². The van der Waals surface area contributed by atoms with E-state index in [4.69, 9.17) is 0 Å². The van der Waals surface area contributed by atoms with Gasteiger partial charge in [-0.25, -0.2) is 0 Å². The van der Waals surface area contributed by atoms with Crippen LogP contribution in [0.5, 0.6) is 0 Å². The zero-order valence-electron chi connectivity index (χ0n) is 14.0. The quantitative estimate of drug-likeness (QED) is 0.907. The van der Waals surface area contributed by atoms with Gasteiger partial charge in [-0.05, 0) is 50.1 Å². The van der Waals surface area contributed by atoms with Crippen molar-refractivity contribution in [3.8, 4) is 0 Å². The van der Waals surface area contributed by atoms with Crippen molar-refractivity contribution < 1.29 is 9.59 Å². The molecule has 1 fully saturated rings. The molecule has 126 valence electrons. The molecular weight excluding hydrogens is 304 g/mol. The number of carbonyl (C=O) groups is 2. The first kappa shape index (κ1) is 16.2. The number of hydrogen-bond acceptors (Lipinski definition) is 3. The fraction of sp³-hybridized carbons (Fsp3) is 0.389. The summed E-state index contributed by atoms with van der Waals surface area (Å²) in [5, 5.41) is 10.0. The van der Waals surface area contributed by atoms with E-state index < -0.39 is 0 Å². The molecule has 1 aromatic heterocycles. The van der Waals surface area contributed by atoms with Crippen molar-refractivity contribution in [1.82, 2.24) is 15.1 Å². The standard InChI is InChI=1S/C18H22N4O2/c1-12-11-16(22(2)21-12)18(24)20-15-9-7-13(8-10-15)17(23)19-14-5-3-4-6-14/h7-11,14H,3-6H2,1-2H3,(H,19,23)(H,20,24). The topological polar surface area (TPSA) is 76.0 Å². The van der Waals surface area contributed by atoms with Gasteiger partial charge in [0.2, 0.25) is 0 Å². The van der Waals surface area contributed by atoms with Gasteiger partial charge in [0, 0.05) is 24.3 Å². The van der Waals surface area contributed by atoms with Crippen molar-refractivity contribution in [3.63, 3.8) is 0 Å². The van der Waals surface area contributed by atoms with Crippen molar-refractivity contribution in [3.05, 3.63) is 47.3 Å². The van der Waals surface area contributed by atoms with Crippen LogP contribution < -0.4 is 10.6 Å². The van der Waals surface area contributed by atoms with Gasteiger partial charge in [0.15, 0.2) is 0 Å². The third-order valence-corrected chi connectivity index (χ3v) is 4.33. The van der Waals surface area contributed by atoms with E-state index >= 15 is 0 Å². The summed E-state index contributed by atoms with van der Waals surface area (Å²) in [6, 6.07) is 8.97. The van der Waals surface area contributed by atoms with Gasteiger partial charge in [0.05, 0.1) is 5.69 Å². The Balaban J connectivity index is 1.62. The molecule has 0 atom stereocenters. The summed E-state index contributed by atoms with van der Waals surface area (Å²) >= 11 is 0. The lowest BCUT2D eigenvalue weighted by molar-refractivity contribution is 0.0937. The zero-order chi connectivity index (χ0) is 17.1. The maximum atomic E-state index is 12.2. The number of aryl methyl sites for hydroxylation is 2. The molecule has 0 aliphatic heterocycles. The Morgan fingerprint density at radius 3 is 2.38 bits per heavy atom. The summed E-state index contributed by atoms with van der Waals surface area (Å²) < 4.78 is 1.55.